The third kappa shape index (κ3) is 3.33. The summed E-state index contributed by atoms with van der Waals surface area (Å²) in [5.41, 5.74) is 1.30. The number of nitrogens with one attached hydrogen (secondary N) is 1. The number of likely N-dealkylation sites (N-methyl/N-ethyl adjacent to an activating group) is 1. The summed E-state index contributed by atoms with van der Waals surface area (Å²) >= 11 is 0. The van der Waals surface area contributed by atoms with E-state index in [1.807, 2.05) is 20.0 Å². The van der Waals surface area contributed by atoms with Crippen molar-refractivity contribution in [3.05, 3.63) is 35.9 Å². The van der Waals surface area contributed by atoms with Crippen LogP contribution in [0.2, 0.25) is 0 Å². The van der Waals surface area contributed by atoms with E-state index in [1.54, 1.807) is 4.90 Å². The summed E-state index contributed by atoms with van der Waals surface area (Å²) in [6.07, 6.45) is 2.54. The van der Waals surface area contributed by atoms with Crippen LogP contribution >= 0.6 is 0 Å². The van der Waals surface area contributed by atoms with Gasteiger partial charge in [-0.05, 0) is 31.2 Å². The molecule has 1 aliphatic rings. The number of benzene rings is 1. The van der Waals surface area contributed by atoms with E-state index in [0.717, 1.165) is 6.54 Å². The molecule has 1 aliphatic carbocycles. The van der Waals surface area contributed by atoms with Gasteiger partial charge < -0.3 is 10.2 Å². The molecule has 1 amide bonds. The molecule has 1 unspecified atom stereocenters. The fourth-order valence-electron chi connectivity index (χ4n) is 2.16. The quantitative estimate of drug-likeness (QED) is 0.834. The number of nitrogens with zero attached hydrogens (tertiary/aromatic N) is 1. The van der Waals surface area contributed by atoms with Gasteiger partial charge in [0.1, 0.15) is 0 Å². The molecule has 0 spiro atoms. The summed E-state index contributed by atoms with van der Waals surface area (Å²) in [5.74, 6) is 0.867. The van der Waals surface area contributed by atoms with Gasteiger partial charge in [0.15, 0.2) is 0 Å². The van der Waals surface area contributed by atoms with Gasteiger partial charge in [0.2, 0.25) is 5.91 Å². The van der Waals surface area contributed by atoms with Crippen molar-refractivity contribution in [2.24, 2.45) is 5.92 Å². The highest BCUT2D eigenvalue weighted by Gasteiger charge is 2.32. The number of rotatable bonds is 6. The fraction of sp³-hybridized carbons (Fsp3) is 0.533. The first kappa shape index (κ1) is 13.1. The van der Waals surface area contributed by atoms with Crippen LogP contribution in [0.4, 0.5) is 0 Å². The van der Waals surface area contributed by atoms with Crippen LogP contribution in [0.1, 0.15) is 31.4 Å². The van der Waals surface area contributed by atoms with Crippen LogP contribution in [0.15, 0.2) is 30.3 Å². The molecule has 2 rings (SSSR count). The van der Waals surface area contributed by atoms with Crippen molar-refractivity contribution in [1.29, 1.82) is 0 Å². The van der Waals surface area contributed by atoms with E-state index in [4.69, 9.17) is 0 Å². The Balaban J connectivity index is 1.94. The summed E-state index contributed by atoms with van der Waals surface area (Å²) in [6.45, 7) is 3.19. The Morgan fingerprint density at radius 1 is 1.39 bits per heavy atom. The first-order valence-electron chi connectivity index (χ1n) is 6.74. The second-order valence-corrected chi connectivity index (χ2v) is 5.01. The SMILES string of the molecule is CCN(C)C(=O)CNC(c1ccccc1)C1CC1. The molecule has 1 saturated carbocycles. The van der Waals surface area contributed by atoms with Crippen LogP contribution in [0.25, 0.3) is 0 Å². The van der Waals surface area contributed by atoms with Gasteiger partial charge in [-0.3, -0.25) is 4.79 Å². The molecule has 1 atom stereocenters. The number of carbonyl (C=O) groups excluding carboxylic acids is 1. The Morgan fingerprint density at radius 2 is 2.06 bits per heavy atom. The second kappa shape index (κ2) is 6.01. The summed E-state index contributed by atoms with van der Waals surface area (Å²) in [7, 11) is 1.85. The maximum absolute atomic E-state index is 11.8. The van der Waals surface area contributed by atoms with Gasteiger partial charge in [-0.1, -0.05) is 30.3 Å². The number of carbonyl (C=O) groups is 1. The molecule has 1 aromatic rings. The van der Waals surface area contributed by atoms with Crippen molar-refractivity contribution >= 4 is 5.91 Å². The normalized spacial score (nSPS) is 16.3. The number of amides is 1. The predicted molar refractivity (Wildman–Crippen MR) is 73.2 cm³/mol. The van der Waals surface area contributed by atoms with Gasteiger partial charge in [0.25, 0.3) is 0 Å². The minimum absolute atomic E-state index is 0.166. The standard InChI is InChI=1S/C15H22N2O/c1-3-17(2)14(18)11-16-15(13-9-10-13)12-7-5-4-6-8-12/h4-8,13,15-16H,3,9-11H2,1-2H3. The lowest BCUT2D eigenvalue weighted by atomic mass is 10.0. The first-order valence-corrected chi connectivity index (χ1v) is 6.74. The van der Waals surface area contributed by atoms with Gasteiger partial charge in [-0.25, -0.2) is 0 Å². The van der Waals surface area contributed by atoms with Gasteiger partial charge >= 0.3 is 0 Å². The topological polar surface area (TPSA) is 32.3 Å². The van der Waals surface area contributed by atoms with Crippen molar-refractivity contribution < 1.29 is 4.79 Å². The molecule has 1 aromatic carbocycles. The minimum Gasteiger partial charge on any atom is -0.345 e. The largest absolute Gasteiger partial charge is 0.345 e. The summed E-state index contributed by atoms with van der Waals surface area (Å²) < 4.78 is 0. The first-order chi connectivity index (χ1) is 8.72. The van der Waals surface area contributed by atoms with E-state index in [0.29, 0.717) is 18.5 Å². The van der Waals surface area contributed by atoms with Crippen LogP contribution in [0.5, 0.6) is 0 Å². The third-order valence-electron chi connectivity index (χ3n) is 3.63. The second-order valence-electron chi connectivity index (χ2n) is 5.01. The average molecular weight is 246 g/mol. The summed E-state index contributed by atoms with van der Waals surface area (Å²) in [4.78, 5) is 13.6. The van der Waals surface area contributed by atoms with E-state index in [-0.39, 0.29) is 5.91 Å². The molecule has 3 heteroatoms. The lowest BCUT2D eigenvalue weighted by Gasteiger charge is -2.21. The van der Waals surface area contributed by atoms with Crippen LogP contribution in [0.3, 0.4) is 0 Å². The Hall–Kier alpha value is -1.35. The monoisotopic (exact) mass is 246 g/mol. The van der Waals surface area contributed by atoms with Crippen molar-refractivity contribution in [2.45, 2.75) is 25.8 Å². The summed E-state index contributed by atoms with van der Waals surface area (Å²) in [6, 6.07) is 10.8. The molecular weight excluding hydrogens is 224 g/mol. The minimum atomic E-state index is 0.166. The Morgan fingerprint density at radius 3 is 2.61 bits per heavy atom. The zero-order chi connectivity index (χ0) is 13.0. The van der Waals surface area contributed by atoms with E-state index < -0.39 is 0 Å². The number of hydrogen-bond donors (Lipinski definition) is 1. The lowest BCUT2D eigenvalue weighted by molar-refractivity contribution is -0.128. The van der Waals surface area contributed by atoms with Crippen molar-refractivity contribution in [1.82, 2.24) is 10.2 Å². The van der Waals surface area contributed by atoms with E-state index in [9.17, 15) is 4.79 Å². The van der Waals surface area contributed by atoms with E-state index in [1.165, 1.54) is 18.4 Å². The zero-order valence-corrected chi connectivity index (χ0v) is 11.2. The highest BCUT2D eigenvalue weighted by molar-refractivity contribution is 5.77. The van der Waals surface area contributed by atoms with Crippen molar-refractivity contribution in [3.8, 4) is 0 Å². The van der Waals surface area contributed by atoms with Crippen LogP contribution < -0.4 is 5.32 Å². The van der Waals surface area contributed by atoms with Crippen molar-refractivity contribution in [2.75, 3.05) is 20.1 Å². The molecule has 1 N–H and O–H groups in total. The molecule has 18 heavy (non-hydrogen) atoms. The smallest absolute Gasteiger partial charge is 0.236 e. The van der Waals surface area contributed by atoms with Crippen molar-refractivity contribution in [3.63, 3.8) is 0 Å². The predicted octanol–water partition coefficient (Wildman–Crippen LogP) is 2.21. The molecule has 0 bridgehead atoms. The van der Waals surface area contributed by atoms with Crippen LogP contribution in [-0.4, -0.2) is 30.9 Å². The molecule has 0 aliphatic heterocycles. The Bertz CT molecular complexity index is 387. The highest BCUT2D eigenvalue weighted by atomic mass is 16.2. The lowest BCUT2D eigenvalue weighted by Crippen LogP contribution is -2.37. The van der Waals surface area contributed by atoms with Gasteiger partial charge in [-0.2, -0.15) is 0 Å². The fourth-order valence-corrected chi connectivity index (χ4v) is 2.16. The highest BCUT2D eigenvalue weighted by Crippen LogP contribution is 2.40. The maximum Gasteiger partial charge on any atom is 0.236 e. The van der Waals surface area contributed by atoms with Gasteiger partial charge in [-0.15, -0.1) is 0 Å². The summed E-state index contributed by atoms with van der Waals surface area (Å²) in [5, 5.41) is 3.42. The van der Waals surface area contributed by atoms with Crippen LogP contribution in [-0.2, 0) is 4.79 Å². The maximum atomic E-state index is 11.8. The average Bonchev–Trinajstić information content (AvgIpc) is 3.23. The Labute approximate surface area is 109 Å². The molecule has 0 heterocycles. The molecule has 98 valence electrons. The molecule has 0 saturated heterocycles. The molecule has 0 aromatic heterocycles. The van der Waals surface area contributed by atoms with Gasteiger partial charge in [0.05, 0.1) is 6.54 Å². The van der Waals surface area contributed by atoms with Crippen LogP contribution in [0, 0.1) is 5.92 Å². The third-order valence-corrected chi connectivity index (χ3v) is 3.63. The number of hydrogen-bond acceptors (Lipinski definition) is 2. The van der Waals surface area contributed by atoms with Gasteiger partial charge in [0, 0.05) is 19.6 Å². The molecule has 0 radical (unpaired) electrons. The molecule has 3 nitrogen and oxygen atoms in total. The van der Waals surface area contributed by atoms with E-state index in [2.05, 4.69) is 29.6 Å². The molecular formula is C15H22N2O. The zero-order valence-electron chi connectivity index (χ0n) is 11.2. The molecule has 1 fully saturated rings. The Kier molecular flexibility index (Phi) is 4.37. The van der Waals surface area contributed by atoms with E-state index >= 15 is 0 Å².